The van der Waals surface area contributed by atoms with E-state index >= 15 is 0 Å². The van der Waals surface area contributed by atoms with Crippen molar-refractivity contribution in [2.75, 3.05) is 6.61 Å². The van der Waals surface area contributed by atoms with Gasteiger partial charge in [-0.15, -0.1) is 11.3 Å². The summed E-state index contributed by atoms with van der Waals surface area (Å²) in [5.41, 5.74) is 0. The number of aliphatic hydroxyl groups is 1. The Labute approximate surface area is 88.5 Å². The highest BCUT2D eigenvalue weighted by atomic mass is 32.1. The predicted molar refractivity (Wildman–Crippen MR) is 57.6 cm³/mol. The van der Waals surface area contributed by atoms with Gasteiger partial charge < -0.3 is 9.84 Å². The van der Waals surface area contributed by atoms with Crippen LogP contribution in [-0.4, -0.2) is 23.9 Å². The fourth-order valence-electron chi connectivity index (χ4n) is 1.92. The standard InChI is InChI=1S/C11H16O2S/c1-8-5-9(7-13-8)11(12)6-10-3-2-4-14-10/h2-4,8-9,11-12H,5-7H2,1H3. The highest BCUT2D eigenvalue weighted by Gasteiger charge is 2.28. The van der Waals surface area contributed by atoms with E-state index in [0.717, 1.165) is 12.8 Å². The van der Waals surface area contributed by atoms with E-state index in [-0.39, 0.29) is 6.10 Å². The zero-order valence-corrected chi connectivity index (χ0v) is 9.17. The summed E-state index contributed by atoms with van der Waals surface area (Å²) in [5.74, 6) is 0.326. The summed E-state index contributed by atoms with van der Waals surface area (Å²) >= 11 is 1.71. The van der Waals surface area contributed by atoms with E-state index < -0.39 is 0 Å². The second kappa shape index (κ2) is 4.43. The lowest BCUT2D eigenvalue weighted by atomic mass is 9.97. The maximum Gasteiger partial charge on any atom is 0.0639 e. The molecule has 78 valence electrons. The molecule has 3 heteroatoms. The molecule has 1 aliphatic rings. The minimum absolute atomic E-state index is 0.237. The molecular formula is C11H16O2S. The normalized spacial score (nSPS) is 29.3. The first-order valence-corrected chi connectivity index (χ1v) is 5.95. The molecule has 0 amide bonds. The van der Waals surface area contributed by atoms with Crippen LogP contribution in [0.4, 0.5) is 0 Å². The Hall–Kier alpha value is -0.380. The predicted octanol–water partition coefficient (Wildman–Crippen LogP) is 2.08. The van der Waals surface area contributed by atoms with E-state index in [9.17, 15) is 5.11 Å². The molecule has 1 aliphatic heterocycles. The number of hydrogen-bond acceptors (Lipinski definition) is 3. The van der Waals surface area contributed by atoms with Crippen molar-refractivity contribution in [3.63, 3.8) is 0 Å². The van der Waals surface area contributed by atoms with Gasteiger partial charge in [-0.3, -0.25) is 0 Å². The molecule has 1 saturated heterocycles. The minimum atomic E-state index is -0.237. The summed E-state index contributed by atoms with van der Waals surface area (Å²) in [4.78, 5) is 1.26. The molecule has 3 unspecified atom stereocenters. The van der Waals surface area contributed by atoms with E-state index in [0.29, 0.717) is 18.6 Å². The van der Waals surface area contributed by atoms with Crippen molar-refractivity contribution in [3.05, 3.63) is 22.4 Å². The van der Waals surface area contributed by atoms with Gasteiger partial charge in [0.15, 0.2) is 0 Å². The molecule has 2 heterocycles. The van der Waals surface area contributed by atoms with Crippen molar-refractivity contribution >= 4 is 11.3 Å². The van der Waals surface area contributed by atoms with Gasteiger partial charge in [0, 0.05) is 17.2 Å². The Kier molecular flexibility index (Phi) is 3.21. The van der Waals surface area contributed by atoms with E-state index in [1.165, 1.54) is 4.88 Å². The third-order valence-electron chi connectivity index (χ3n) is 2.76. The number of hydrogen-bond donors (Lipinski definition) is 1. The van der Waals surface area contributed by atoms with Crippen molar-refractivity contribution < 1.29 is 9.84 Å². The quantitative estimate of drug-likeness (QED) is 0.831. The highest BCUT2D eigenvalue weighted by molar-refractivity contribution is 7.09. The van der Waals surface area contributed by atoms with Crippen LogP contribution < -0.4 is 0 Å². The first-order chi connectivity index (χ1) is 6.75. The number of ether oxygens (including phenoxy) is 1. The summed E-state index contributed by atoms with van der Waals surface area (Å²) in [5, 5.41) is 12.0. The Morgan fingerprint density at radius 3 is 3.14 bits per heavy atom. The topological polar surface area (TPSA) is 29.5 Å². The van der Waals surface area contributed by atoms with Gasteiger partial charge in [-0.2, -0.15) is 0 Å². The number of thiophene rings is 1. The third-order valence-corrected chi connectivity index (χ3v) is 3.66. The molecule has 1 aromatic heterocycles. The van der Waals surface area contributed by atoms with Crippen LogP contribution in [0.1, 0.15) is 18.2 Å². The first-order valence-electron chi connectivity index (χ1n) is 5.07. The van der Waals surface area contributed by atoms with Crippen LogP contribution in [0.2, 0.25) is 0 Å². The van der Waals surface area contributed by atoms with Crippen LogP contribution in [0.15, 0.2) is 17.5 Å². The Bertz CT molecular complexity index is 271. The van der Waals surface area contributed by atoms with Gasteiger partial charge in [-0.1, -0.05) is 6.07 Å². The second-order valence-electron chi connectivity index (χ2n) is 3.99. The zero-order chi connectivity index (χ0) is 9.97. The molecule has 2 rings (SSSR count). The molecule has 1 aromatic rings. The molecule has 2 nitrogen and oxygen atoms in total. The monoisotopic (exact) mass is 212 g/mol. The van der Waals surface area contributed by atoms with Crippen LogP contribution in [0.5, 0.6) is 0 Å². The van der Waals surface area contributed by atoms with Gasteiger partial charge in [0.25, 0.3) is 0 Å². The molecule has 1 fully saturated rings. The molecule has 3 atom stereocenters. The molecule has 0 radical (unpaired) electrons. The average molecular weight is 212 g/mol. The lowest BCUT2D eigenvalue weighted by Crippen LogP contribution is -2.22. The van der Waals surface area contributed by atoms with Gasteiger partial charge in [-0.05, 0) is 24.8 Å². The molecule has 0 saturated carbocycles. The van der Waals surface area contributed by atoms with Crippen molar-refractivity contribution in [1.29, 1.82) is 0 Å². The minimum Gasteiger partial charge on any atom is -0.392 e. The van der Waals surface area contributed by atoms with Crippen LogP contribution in [0.25, 0.3) is 0 Å². The lowest BCUT2D eigenvalue weighted by molar-refractivity contribution is 0.0811. The summed E-state index contributed by atoms with van der Waals surface area (Å²) in [7, 11) is 0. The largest absolute Gasteiger partial charge is 0.392 e. The van der Waals surface area contributed by atoms with Crippen LogP contribution in [0.3, 0.4) is 0 Å². The first kappa shape index (κ1) is 10.1. The molecular weight excluding hydrogens is 196 g/mol. The summed E-state index contributed by atoms with van der Waals surface area (Å²) in [6, 6.07) is 4.10. The van der Waals surface area contributed by atoms with E-state index in [1.807, 2.05) is 6.07 Å². The highest BCUT2D eigenvalue weighted by Crippen LogP contribution is 2.25. The zero-order valence-electron chi connectivity index (χ0n) is 8.35. The molecule has 0 bridgehead atoms. The molecule has 0 aliphatic carbocycles. The number of rotatable bonds is 3. The molecule has 0 spiro atoms. The molecule has 14 heavy (non-hydrogen) atoms. The van der Waals surface area contributed by atoms with Crippen LogP contribution in [-0.2, 0) is 11.2 Å². The fraction of sp³-hybridized carbons (Fsp3) is 0.636. The number of aliphatic hydroxyl groups excluding tert-OH is 1. The summed E-state index contributed by atoms with van der Waals surface area (Å²) < 4.78 is 5.45. The Morgan fingerprint density at radius 2 is 2.57 bits per heavy atom. The molecule has 0 aromatic carbocycles. The van der Waals surface area contributed by atoms with Gasteiger partial charge in [0.05, 0.1) is 18.8 Å². The van der Waals surface area contributed by atoms with Gasteiger partial charge in [0.1, 0.15) is 0 Å². The lowest BCUT2D eigenvalue weighted by Gasteiger charge is -2.15. The van der Waals surface area contributed by atoms with Crippen molar-refractivity contribution in [2.45, 2.75) is 32.0 Å². The van der Waals surface area contributed by atoms with E-state index in [1.54, 1.807) is 11.3 Å². The van der Waals surface area contributed by atoms with Gasteiger partial charge in [-0.25, -0.2) is 0 Å². The van der Waals surface area contributed by atoms with Crippen LogP contribution in [0, 0.1) is 5.92 Å². The maximum atomic E-state index is 9.97. The van der Waals surface area contributed by atoms with Gasteiger partial charge in [0.2, 0.25) is 0 Å². The van der Waals surface area contributed by atoms with Crippen molar-refractivity contribution in [3.8, 4) is 0 Å². The van der Waals surface area contributed by atoms with Crippen molar-refractivity contribution in [1.82, 2.24) is 0 Å². The van der Waals surface area contributed by atoms with Gasteiger partial charge >= 0.3 is 0 Å². The van der Waals surface area contributed by atoms with Crippen molar-refractivity contribution in [2.24, 2.45) is 5.92 Å². The molecule has 1 N–H and O–H groups in total. The summed E-state index contributed by atoms with van der Waals surface area (Å²) in [6.07, 6.45) is 1.85. The SMILES string of the molecule is CC1CC(C(O)Cc2cccs2)CO1. The Morgan fingerprint density at radius 1 is 1.71 bits per heavy atom. The maximum absolute atomic E-state index is 9.97. The fourth-order valence-corrected chi connectivity index (χ4v) is 2.68. The van der Waals surface area contributed by atoms with E-state index in [4.69, 9.17) is 4.74 Å². The second-order valence-corrected chi connectivity index (χ2v) is 5.02. The third kappa shape index (κ3) is 2.35. The Balaban J connectivity index is 1.87. The summed E-state index contributed by atoms with van der Waals surface area (Å²) in [6.45, 7) is 2.78. The smallest absolute Gasteiger partial charge is 0.0639 e. The average Bonchev–Trinajstić information content (AvgIpc) is 2.75. The van der Waals surface area contributed by atoms with Crippen LogP contribution >= 0.6 is 11.3 Å². The van der Waals surface area contributed by atoms with E-state index in [2.05, 4.69) is 18.4 Å².